The van der Waals surface area contributed by atoms with Crippen molar-refractivity contribution in [3.05, 3.63) is 0 Å². The Balaban J connectivity index is 2.88. The molecule has 0 fully saturated rings. The van der Waals surface area contributed by atoms with Crippen LogP contribution < -0.4 is 0 Å². The highest BCUT2D eigenvalue weighted by atomic mass is 35.5. The van der Waals surface area contributed by atoms with E-state index in [0.29, 0.717) is 0 Å². The van der Waals surface area contributed by atoms with Gasteiger partial charge in [-0.3, -0.25) is 0 Å². The highest BCUT2D eigenvalue weighted by molar-refractivity contribution is 6.44. The number of halogens is 2. The summed E-state index contributed by atoms with van der Waals surface area (Å²) in [5, 5.41) is 0. The highest BCUT2D eigenvalue weighted by Gasteiger charge is 1.97. The van der Waals surface area contributed by atoms with Crippen molar-refractivity contribution in [1.82, 2.24) is 0 Å². The molecule has 0 nitrogen and oxygen atoms in total. The predicted molar refractivity (Wildman–Crippen MR) is 76.6 cm³/mol. The van der Waals surface area contributed by atoms with E-state index in [1.54, 1.807) is 0 Å². The lowest BCUT2D eigenvalue weighted by atomic mass is 10.1. The van der Waals surface area contributed by atoms with Crippen LogP contribution in [-0.4, -0.2) is 4.84 Å². The molecule has 0 aromatic heterocycles. The van der Waals surface area contributed by atoms with E-state index in [1.807, 2.05) is 0 Å². The molecule has 0 aliphatic carbocycles. The lowest BCUT2D eigenvalue weighted by Crippen LogP contribution is -1.87. The smallest absolute Gasteiger partial charge is 0.105 e. The van der Waals surface area contributed by atoms with Gasteiger partial charge >= 0.3 is 0 Å². The van der Waals surface area contributed by atoms with Crippen molar-refractivity contribution in [2.75, 3.05) is 0 Å². The maximum absolute atomic E-state index is 5.67. The van der Waals surface area contributed by atoms with E-state index in [1.165, 1.54) is 70.6 Å². The molecule has 0 atom stereocenters. The first-order valence-corrected chi connectivity index (χ1v) is 7.92. The van der Waals surface area contributed by atoms with E-state index in [0.717, 1.165) is 6.42 Å². The molecule has 0 radical (unpaired) electrons. The molecule has 0 bridgehead atoms. The van der Waals surface area contributed by atoms with Gasteiger partial charge in [-0.05, 0) is 6.42 Å². The molecule has 0 saturated carbocycles. The maximum Gasteiger partial charge on any atom is 0.107 e. The number of hydrogen-bond acceptors (Lipinski definition) is 0. The zero-order chi connectivity index (χ0) is 12.1. The summed E-state index contributed by atoms with van der Waals surface area (Å²) in [5.74, 6) is 0. The molecule has 0 spiro atoms. The first kappa shape index (κ1) is 16.6. The molecular weight excluding hydrogens is 239 g/mol. The quantitative estimate of drug-likeness (QED) is 0.280. The third-order valence-electron chi connectivity index (χ3n) is 3.03. The van der Waals surface area contributed by atoms with Gasteiger partial charge in [-0.2, -0.15) is 0 Å². The van der Waals surface area contributed by atoms with E-state index in [4.69, 9.17) is 23.2 Å². The average molecular weight is 267 g/mol. The molecule has 2 heteroatoms. The molecular formula is C14H28Cl2. The fraction of sp³-hybridized carbons (Fsp3) is 1.00. The second-order valence-corrected chi connectivity index (χ2v) is 5.99. The summed E-state index contributed by atoms with van der Waals surface area (Å²) in [7, 11) is 0. The van der Waals surface area contributed by atoms with E-state index >= 15 is 0 Å². The highest BCUT2D eigenvalue weighted by Crippen LogP contribution is 2.15. The lowest BCUT2D eigenvalue weighted by Gasteiger charge is -2.03. The summed E-state index contributed by atoms with van der Waals surface area (Å²) in [6, 6.07) is 0. The molecule has 0 aliphatic heterocycles. The molecule has 0 N–H and O–H groups in total. The van der Waals surface area contributed by atoms with Crippen molar-refractivity contribution in [2.45, 2.75) is 88.8 Å². The second-order valence-electron chi connectivity index (χ2n) is 4.72. The van der Waals surface area contributed by atoms with Crippen molar-refractivity contribution < 1.29 is 0 Å². The van der Waals surface area contributed by atoms with Gasteiger partial charge in [0.05, 0.1) is 0 Å². The summed E-state index contributed by atoms with van der Waals surface area (Å²) < 4.78 is 0. The summed E-state index contributed by atoms with van der Waals surface area (Å²) >= 11 is 11.3. The first-order chi connectivity index (χ1) is 7.77. The van der Waals surface area contributed by atoms with Gasteiger partial charge in [0.1, 0.15) is 4.84 Å². The van der Waals surface area contributed by atoms with Crippen molar-refractivity contribution in [3.63, 3.8) is 0 Å². The molecule has 0 aromatic carbocycles. The monoisotopic (exact) mass is 266 g/mol. The fourth-order valence-electron chi connectivity index (χ4n) is 1.96. The molecule has 0 unspecified atom stereocenters. The van der Waals surface area contributed by atoms with Gasteiger partial charge in [-0.1, -0.05) is 77.6 Å². The minimum Gasteiger partial charge on any atom is -0.105 e. The second kappa shape index (κ2) is 13.6. The summed E-state index contributed by atoms with van der Waals surface area (Å²) in [6.45, 7) is 2.27. The van der Waals surface area contributed by atoms with E-state index in [9.17, 15) is 0 Å². The summed E-state index contributed by atoms with van der Waals surface area (Å²) in [5.41, 5.74) is 0. The van der Waals surface area contributed by atoms with Gasteiger partial charge < -0.3 is 0 Å². The molecule has 0 saturated heterocycles. The van der Waals surface area contributed by atoms with E-state index < -0.39 is 0 Å². The number of unbranched alkanes of at least 4 members (excludes halogenated alkanes) is 10. The third-order valence-corrected chi connectivity index (χ3v) is 3.46. The molecule has 0 aliphatic rings. The average Bonchev–Trinajstić information content (AvgIpc) is 2.25. The zero-order valence-electron chi connectivity index (χ0n) is 10.8. The van der Waals surface area contributed by atoms with Crippen LogP contribution in [0, 0.1) is 0 Å². The van der Waals surface area contributed by atoms with Gasteiger partial charge in [0.2, 0.25) is 0 Å². The molecule has 0 heterocycles. The van der Waals surface area contributed by atoms with Crippen LogP contribution in [0.25, 0.3) is 0 Å². The number of rotatable bonds is 12. The topological polar surface area (TPSA) is 0 Å². The Morgan fingerprint density at radius 1 is 0.625 bits per heavy atom. The van der Waals surface area contributed by atoms with E-state index in [-0.39, 0.29) is 4.84 Å². The normalized spacial score (nSPS) is 11.2. The van der Waals surface area contributed by atoms with Crippen LogP contribution in [0.2, 0.25) is 0 Å². The van der Waals surface area contributed by atoms with Crippen LogP contribution in [-0.2, 0) is 0 Å². The Hall–Kier alpha value is 0.580. The van der Waals surface area contributed by atoms with Crippen molar-refractivity contribution in [1.29, 1.82) is 0 Å². The van der Waals surface area contributed by atoms with Crippen LogP contribution in [0.1, 0.15) is 84.0 Å². The van der Waals surface area contributed by atoms with Crippen LogP contribution in [0.15, 0.2) is 0 Å². The Morgan fingerprint density at radius 2 is 1.00 bits per heavy atom. The van der Waals surface area contributed by atoms with Gasteiger partial charge in [-0.25, -0.2) is 0 Å². The molecule has 0 aromatic rings. The summed E-state index contributed by atoms with van der Waals surface area (Å²) in [6.07, 6.45) is 16.1. The Labute approximate surface area is 112 Å². The Bertz CT molecular complexity index is 124. The maximum atomic E-state index is 5.67. The zero-order valence-corrected chi connectivity index (χ0v) is 12.3. The van der Waals surface area contributed by atoms with E-state index in [2.05, 4.69) is 6.92 Å². The molecule has 0 amide bonds. The Kier molecular flexibility index (Phi) is 14.1. The van der Waals surface area contributed by atoms with Gasteiger partial charge in [0.25, 0.3) is 0 Å². The molecule has 98 valence electrons. The lowest BCUT2D eigenvalue weighted by molar-refractivity contribution is 0.547. The molecule has 0 rings (SSSR count). The van der Waals surface area contributed by atoms with Gasteiger partial charge in [-0.15, -0.1) is 23.2 Å². The predicted octanol–water partition coefficient (Wildman–Crippen LogP) is 6.49. The largest absolute Gasteiger partial charge is 0.107 e. The minimum atomic E-state index is -0.154. The summed E-state index contributed by atoms with van der Waals surface area (Å²) in [4.78, 5) is -0.154. The van der Waals surface area contributed by atoms with Crippen molar-refractivity contribution >= 4 is 23.2 Å². The van der Waals surface area contributed by atoms with Crippen molar-refractivity contribution in [3.8, 4) is 0 Å². The first-order valence-electron chi connectivity index (χ1n) is 7.05. The Morgan fingerprint density at radius 3 is 1.38 bits per heavy atom. The third kappa shape index (κ3) is 14.6. The SMILES string of the molecule is CCCCCCCCCCCCCC(Cl)Cl. The number of alkyl halides is 2. The standard InChI is InChI=1S/C14H28Cl2/c1-2-3-4-5-6-7-8-9-10-11-12-13-14(15)16/h14H,2-13H2,1H3. The number of hydrogen-bond donors (Lipinski definition) is 0. The van der Waals surface area contributed by atoms with Crippen LogP contribution >= 0.6 is 23.2 Å². The van der Waals surface area contributed by atoms with Crippen LogP contribution in [0.3, 0.4) is 0 Å². The fourth-order valence-corrected chi connectivity index (χ4v) is 2.27. The van der Waals surface area contributed by atoms with Gasteiger partial charge in [0.15, 0.2) is 0 Å². The molecule has 16 heavy (non-hydrogen) atoms. The van der Waals surface area contributed by atoms with Crippen LogP contribution in [0.5, 0.6) is 0 Å². The van der Waals surface area contributed by atoms with Gasteiger partial charge in [0, 0.05) is 0 Å². The minimum absolute atomic E-state index is 0.154. The van der Waals surface area contributed by atoms with Crippen molar-refractivity contribution in [2.24, 2.45) is 0 Å². The van der Waals surface area contributed by atoms with Crippen LogP contribution in [0.4, 0.5) is 0 Å².